The number of nitrogens with zero attached hydrogens (tertiary/aromatic N) is 2. The van der Waals surface area contributed by atoms with E-state index in [1.54, 1.807) is 6.07 Å². The number of hydrogen-bond donors (Lipinski definition) is 1. The highest BCUT2D eigenvalue weighted by Crippen LogP contribution is 2.38. The number of halogens is 1. The molecule has 0 saturated heterocycles. The first-order chi connectivity index (χ1) is 10.0. The maximum Gasteiger partial charge on any atom is 0.231 e. The first kappa shape index (κ1) is 14.2. The number of hydrogen-bond acceptors (Lipinski definition) is 4. The fraction of sp³-hybridized carbons (Fsp3) is 0.500. The highest BCUT2D eigenvalue weighted by molar-refractivity contribution is 5.20. The molecule has 2 unspecified atom stereocenters. The van der Waals surface area contributed by atoms with E-state index in [1.165, 1.54) is 12.1 Å². The first-order valence-corrected chi connectivity index (χ1v) is 7.40. The third-order valence-corrected chi connectivity index (χ3v) is 4.29. The molecule has 1 aliphatic carbocycles. The van der Waals surface area contributed by atoms with Crippen molar-refractivity contribution in [2.45, 2.75) is 50.5 Å². The lowest BCUT2D eigenvalue weighted by atomic mass is 9.74. The molecule has 0 bridgehead atoms. The number of nitrogens with two attached hydrogens (primary N) is 1. The van der Waals surface area contributed by atoms with Crippen LogP contribution in [-0.4, -0.2) is 15.7 Å². The Kier molecular flexibility index (Phi) is 3.76. The summed E-state index contributed by atoms with van der Waals surface area (Å²) < 4.78 is 18.6. The van der Waals surface area contributed by atoms with Gasteiger partial charge in [-0.1, -0.05) is 30.1 Å². The van der Waals surface area contributed by atoms with E-state index in [2.05, 4.69) is 10.1 Å². The Morgan fingerprint density at radius 1 is 1.43 bits per heavy atom. The Bertz CT molecular complexity index is 623. The molecule has 2 N–H and O–H groups in total. The van der Waals surface area contributed by atoms with Crippen LogP contribution in [0.25, 0.3) is 0 Å². The fourth-order valence-electron chi connectivity index (χ4n) is 3.07. The molecule has 5 heteroatoms. The summed E-state index contributed by atoms with van der Waals surface area (Å²) in [5.74, 6) is 1.06. The molecule has 0 radical (unpaired) electrons. The molecule has 0 amide bonds. The van der Waals surface area contributed by atoms with Crippen molar-refractivity contribution in [3.63, 3.8) is 0 Å². The molecular weight excluding hydrogens is 269 g/mol. The highest BCUT2D eigenvalue weighted by Gasteiger charge is 2.37. The second-order valence-electron chi connectivity index (χ2n) is 6.16. The Labute approximate surface area is 123 Å². The van der Waals surface area contributed by atoms with Crippen LogP contribution in [0.2, 0.25) is 0 Å². The zero-order valence-corrected chi connectivity index (χ0v) is 12.2. The normalized spacial score (nSPS) is 26.0. The van der Waals surface area contributed by atoms with Gasteiger partial charge in [-0.15, -0.1) is 0 Å². The third kappa shape index (κ3) is 3.13. The molecule has 2 atom stereocenters. The summed E-state index contributed by atoms with van der Waals surface area (Å²) in [6.45, 7) is 2.05. The Balaban J connectivity index is 1.77. The topological polar surface area (TPSA) is 64.9 Å². The van der Waals surface area contributed by atoms with Gasteiger partial charge in [0.05, 0.1) is 5.92 Å². The molecule has 3 rings (SSSR count). The maximum absolute atomic E-state index is 13.2. The summed E-state index contributed by atoms with van der Waals surface area (Å²) in [6, 6.07) is 6.45. The van der Waals surface area contributed by atoms with Gasteiger partial charge < -0.3 is 10.3 Å². The van der Waals surface area contributed by atoms with E-state index < -0.39 is 0 Å². The Morgan fingerprint density at radius 2 is 2.29 bits per heavy atom. The van der Waals surface area contributed by atoms with E-state index in [4.69, 9.17) is 10.3 Å². The van der Waals surface area contributed by atoms with E-state index in [0.717, 1.165) is 31.2 Å². The highest BCUT2D eigenvalue weighted by atomic mass is 19.1. The van der Waals surface area contributed by atoms with Gasteiger partial charge in [-0.2, -0.15) is 4.98 Å². The standard InChI is InChI=1S/C16H20FN3O/c1-16(18)8-3-2-7-13(16)15-19-14(20-21-15)10-11-5-4-6-12(17)9-11/h4-6,9,13H,2-3,7-8,10,18H2,1H3. The van der Waals surface area contributed by atoms with Crippen LogP contribution in [0.15, 0.2) is 28.8 Å². The first-order valence-electron chi connectivity index (χ1n) is 7.40. The van der Waals surface area contributed by atoms with Crippen LogP contribution < -0.4 is 5.73 Å². The van der Waals surface area contributed by atoms with Crippen LogP contribution >= 0.6 is 0 Å². The molecule has 4 nitrogen and oxygen atoms in total. The summed E-state index contributed by atoms with van der Waals surface area (Å²) in [6.07, 6.45) is 4.70. The van der Waals surface area contributed by atoms with Crippen molar-refractivity contribution >= 4 is 0 Å². The van der Waals surface area contributed by atoms with Crippen molar-refractivity contribution in [2.75, 3.05) is 0 Å². The molecule has 1 aromatic carbocycles. The van der Waals surface area contributed by atoms with E-state index in [0.29, 0.717) is 18.1 Å². The molecule has 112 valence electrons. The van der Waals surface area contributed by atoms with Gasteiger partial charge in [0, 0.05) is 12.0 Å². The van der Waals surface area contributed by atoms with Crippen LogP contribution in [0.3, 0.4) is 0 Å². The lowest BCUT2D eigenvalue weighted by molar-refractivity contribution is 0.223. The lowest BCUT2D eigenvalue weighted by Gasteiger charge is -2.35. The van der Waals surface area contributed by atoms with E-state index >= 15 is 0 Å². The van der Waals surface area contributed by atoms with Gasteiger partial charge in [-0.3, -0.25) is 0 Å². The zero-order valence-electron chi connectivity index (χ0n) is 12.2. The SMILES string of the molecule is CC1(N)CCCCC1c1nc(Cc2cccc(F)c2)no1. The monoisotopic (exact) mass is 289 g/mol. The molecule has 1 aliphatic rings. The van der Waals surface area contributed by atoms with Gasteiger partial charge in [-0.05, 0) is 37.5 Å². The number of rotatable bonds is 3. The molecule has 1 saturated carbocycles. The van der Waals surface area contributed by atoms with Crippen LogP contribution in [0, 0.1) is 5.82 Å². The van der Waals surface area contributed by atoms with Gasteiger partial charge in [0.25, 0.3) is 0 Å². The van der Waals surface area contributed by atoms with Crippen molar-refractivity contribution in [1.82, 2.24) is 10.1 Å². The van der Waals surface area contributed by atoms with Gasteiger partial charge in [0.2, 0.25) is 5.89 Å². The molecule has 2 aromatic rings. The molecule has 1 heterocycles. The summed E-state index contributed by atoms with van der Waals surface area (Å²) in [4.78, 5) is 4.47. The van der Waals surface area contributed by atoms with Crippen LogP contribution in [0.5, 0.6) is 0 Å². The Morgan fingerprint density at radius 3 is 3.05 bits per heavy atom. The molecule has 0 aliphatic heterocycles. The number of benzene rings is 1. The van der Waals surface area contributed by atoms with Crippen LogP contribution in [-0.2, 0) is 6.42 Å². The zero-order chi connectivity index (χ0) is 14.9. The number of aromatic nitrogens is 2. The van der Waals surface area contributed by atoms with Crippen LogP contribution in [0.4, 0.5) is 4.39 Å². The molecular formula is C16H20FN3O. The van der Waals surface area contributed by atoms with Crippen molar-refractivity contribution < 1.29 is 8.91 Å². The minimum Gasteiger partial charge on any atom is -0.339 e. The molecule has 1 fully saturated rings. The van der Waals surface area contributed by atoms with Crippen LogP contribution in [0.1, 0.15) is 55.8 Å². The van der Waals surface area contributed by atoms with Gasteiger partial charge in [0.15, 0.2) is 5.82 Å². The van der Waals surface area contributed by atoms with Crippen molar-refractivity contribution in [3.05, 3.63) is 47.4 Å². The van der Waals surface area contributed by atoms with E-state index in [1.807, 2.05) is 13.0 Å². The quantitative estimate of drug-likeness (QED) is 0.942. The molecule has 0 spiro atoms. The van der Waals surface area contributed by atoms with Gasteiger partial charge in [-0.25, -0.2) is 4.39 Å². The van der Waals surface area contributed by atoms with E-state index in [-0.39, 0.29) is 17.3 Å². The summed E-state index contributed by atoms with van der Waals surface area (Å²) >= 11 is 0. The second-order valence-corrected chi connectivity index (χ2v) is 6.16. The van der Waals surface area contributed by atoms with Crippen molar-refractivity contribution in [2.24, 2.45) is 5.73 Å². The second kappa shape index (κ2) is 5.56. The fourth-order valence-corrected chi connectivity index (χ4v) is 3.07. The summed E-state index contributed by atoms with van der Waals surface area (Å²) in [5.41, 5.74) is 6.90. The average molecular weight is 289 g/mol. The largest absolute Gasteiger partial charge is 0.339 e. The van der Waals surface area contributed by atoms with E-state index in [9.17, 15) is 4.39 Å². The lowest BCUT2D eigenvalue weighted by Crippen LogP contribution is -2.44. The average Bonchev–Trinajstić information content (AvgIpc) is 2.86. The molecule has 21 heavy (non-hydrogen) atoms. The summed E-state index contributed by atoms with van der Waals surface area (Å²) in [7, 11) is 0. The molecule has 1 aromatic heterocycles. The van der Waals surface area contributed by atoms with Gasteiger partial charge in [0.1, 0.15) is 5.82 Å². The van der Waals surface area contributed by atoms with Crippen molar-refractivity contribution in [1.29, 1.82) is 0 Å². The summed E-state index contributed by atoms with van der Waals surface area (Å²) in [5, 5.41) is 4.02. The Hall–Kier alpha value is -1.75. The minimum atomic E-state index is -0.291. The smallest absolute Gasteiger partial charge is 0.231 e. The third-order valence-electron chi connectivity index (χ3n) is 4.29. The minimum absolute atomic E-state index is 0.111. The predicted octanol–water partition coefficient (Wildman–Crippen LogP) is 3.17. The van der Waals surface area contributed by atoms with Crippen molar-refractivity contribution in [3.8, 4) is 0 Å². The predicted molar refractivity (Wildman–Crippen MR) is 77.3 cm³/mol. The maximum atomic E-state index is 13.2. The van der Waals surface area contributed by atoms with Gasteiger partial charge >= 0.3 is 0 Å².